The minimum atomic E-state index is -0.392. The smallest absolute Gasteiger partial charge is 0.410 e. The van der Waals surface area contributed by atoms with Crippen molar-refractivity contribution in [2.45, 2.75) is 59.1 Å². The molecule has 1 aliphatic heterocycles. The number of carbonyl (C=O) groups excluding carboxylic acids is 1. The first-order valence-corrected chi connectivity index (χ1v) is 8.07. The van der Waals surface area contributed by atoms with Crippen LogP contribution in [0.4, 0.5) is 4.79 Å². The van der Waals surface area contributed by atoms with Crippen molar-refractivity contribution in [1.29, 1.82) is 0 Å². The third-order valence-corrected chi connectivity index (χ3v) is 4.64. The van der Waals surface area contributed by atoms with Crippen molar-refractivity contribution in [3.8, 4) is 0 Å². The molecular formula is C16H30N2O2. The Balaban J connectivity index is 1.70. The predicted molar refractivity (Wildman–Crippen MR) is 80.6 cm³/mol. The number of hydrogen-bond donors (Lipinski definition) is 1. The van der Waals surface area contributed by atoms with Crippen molar-refractivity contribution in [3.05, 3.63) is 0 Å². The van der Waals surface area contributed by atoms with Crippen molar-refractivity contribution in [1.82, 2.24) is 10.2 Å². The number of nitrogens with zero attached hydrogens (tertiary/aromatic N) is 1. The van der Waals surface area contributed by atoms with E-state index in [2.05, 4.69) is 19.2 Å². The molecule has 1 heterocycles. The number of nitrogens with one attached hydrogen (secondary N) is 1. The second-order valence-corrected chi connectivity index (χ2v) is 7.33. The third kappa shape index (κ3) is 3.66. The van der Waals surface area contributed by atoms with Gasteiger partial charge in [0, 0.05) is 19.1 Å². The summed E-state index contributed by atoms with van der Waals surface area (Å²) in [6, 6.07) is 0.634. The quantitative estimate of drug-likeness (QED) is 0.843. The zero-order valence-electron chi connectivity index (χ0n) is 13.6. The molecule has 1 N–H and O–H groups in total. The van der Waals surface area contributed by atoms with E-state index in [4.69, 9.17) is 4.74 Å². The Morgan fingerprint density at radius 3 is 2.25 bits per heavy atom. The molecule has 0 spiro atoms. The van der Waals surface area contributed by atoms with Gasteiger partial charge >= 0.3 is 6.09 Å². The molecule has 116 valence electrons. The highest BCUT2D eigenvalue weighted by molar-refractivity contribution is 5.69. The number of hydrogen-bond acceptors (Lipinski definition) is 3. The molecule has 2 unspecified atom stereocenters. The van der Waals surface area contributed by atoms with Crippen LogP contribution in [0.2, 0.25) is 0 Å². The van der Waals surface area contributed by atoms with Gasteiger partial charge in [-0.25, -0.2) is 4.79 Å². The van der Waals surface area contributed by atoms with Gasteiger partial charge in [-0.3, -0.25) is 0 Å². The van der Waals surface area contributed by atoms with Crippen LogP contribution < -0.4 is 5.32 Å². The molecule has 1 saturated heterocycles. The number of likely N-dealkylation sites (tertiary alicyclic amines) is 1. The first-order chi connectivity index (χ1) is 9.35. The van der Waals surface area contributed by atoms with Crippen molar-refractivity contribution < 1.29 is 9.53 Å². The lowest BCUT2D eigenvalue weighted by Crippen LogP contribution is -2.39. The molecule has 2 atom stereocenters. The number of fused-ring (bicyclic) bond motifs is 1. The van der Waals surface area contributed by atoms with Gasteiger partial charge in [-0.2, -0.15) is 0 Å². The predicted octanol–water partition coefficient (Wildman–Crippen LogP) is 2.88. The summed E-state index contributed by atoms with van der Waals surface area (Å²) in [6.45, 7) is 13.1. The average Bonchev–Trinajstić information content (AvgIpc) is 2.82. The minimum Gasteiger partial charge on any atom is -0.444 e. The Bertz CT molecular complexity index is 335. The summed E-state index contributed by atoms with van der Waals surface area (Å²) in [6.07, 6.45) is 2.34. The topological polar surface area (TPSA) is 41.6 Å². The first-order valence-electron chi connectivity index (χ1n) is 8.07. The van der Waals surface area contributed by atoms with Crippen LogP contribution >= 0.6 is 0 Å². The van der Waals surface area contributed by atoms with E-state index in [9.17, 15) is 4.79 Å². The molecule has 1 saturated carbocycles. The van der Waals surface area contributed by atoms with Gasteiger partial charge in [0.25, 0.3) is 0 Å². The number of piperidine rings is 1. The van der Waals surface area contributed by atoms with Crippen molar-refractivity contribution >= 4 is 6.09 Å². The van der Waals surface area contributed by atoms with Gasteiger partial charge in [0.15, 0.2) is 0 Å². The van der Waals surface area contributed by atoms with E-state index in [0.717, 1.165) is 25.6 Å². The van der Waals surface area contributed by atoms with Crippen molar-refractivity contribution in [2.75, 3.05) is 19.6 Å². The number of amides is 1. The fourth-order valence-corrected chi connectivity index (χ4v) is 3.18. The van der Waals surface area contributed by atoms with Crippen LogP contribution in [0.3, 0.4) is 0 Å². The fourth-order valence-electron chi connectivity index (χ4n) is 3.18. The summed E-state index contributed by atoms with van der Waals surface area (Å²) in [5.74, 6) is 2.09. The van der Waals surface area contributed by atoms with Crippen LogP contribution in [0.25, 0.3) is 0 Å². The van der Waals surface area contributed by atoms with E-state index in [1.54, 1.807) is 0 Å². The minimum absolute atomic E-state index is 0.150. The van der Waals surface area contributed by atoms with E-state index in [-0.39, 0.29) is 6.09 Å². The first kappa shape index (κ1) is 15.6. The molecular weight excluding hydrogens is 252 g/mol. The van der Waals surface area contributed by atoms with Crippen LogP contribution in [0.5, 0.6) is 0 Å². The number of ether oxygens (including phenoxy) is 1. The molecule has 20 heavy (non-hydrogen) atoms. The lowest BCUT2D eigenvalue weighted by Gasteiger charge is -2.26. The monoisotopic (exact) mass is 282 g/mol. The van der Waals surface area contributed by atoms with E-state index in [0.29, 0.717) is 17.9 Å². The van der Waals surface area contributed by atoms with Crippen molar-refractivity contribution in [3.63, 3.8) is 0 Å². The third-order valence-electron chi connectivity index (χ3n) is 4.64. The molecule has 0 bridgehead atoms. The zero-order valence-corrected chi connectivity index (χ0v) is 13.6. The fraction of sp³-hybridized carbons (Fsp3) is 0.938. The maximum absolute atomic E-state index is 12.0. The van der Waals surface area contributed by atoms with Crippen LogP contribution in [0.15, 0.2) is 0 Å². The van der Waals surface area contributed by atoms with Crippen LogP contribution in [0.1, 0.15) is 47.5 Å². The van der Waals surface area contributed by atoms with Crippen LogP contribution in [-0.2, 0) is 4.74 Å². The highest BCUT2D eigenvalue weighted by atomic mass is 16.6. The Morgan fingerprint density at radius 1 is 1.25 bits per heavy atom. The summed E-state index contributed by atoms with van der Waals surface area (Å²) in [5.41, 5.74) is -0.392. The summed E-state index contributed by atoms with van der Waals surface area (Å²) in [4.78, 5) is 13.8. The molecule has 2 fully saturated rings. The van der Waals surface area contributed by atoms with E-state index >= 15 is 0 Å². The van der Waals surface area contributed by atoms with E-state index in [1.807, 2.05) is 25.7 Å². The van der Waals surface area contributed by atoms with Crippen LogP contribution in [0, 0.1) is 17.8 Å². The molecule has 4 heteroatoms. The van der Waals surface area contributed by atoms with Gasteiger partial charge < -0.3 is 15.0 Å². The SMILES string of the molecule is CCC(CC)CNC1C2CN(C(=O)OC(C)(C)C)CC21. The van der Waals surface area contributed by atoms with Gasteiger partial charge in [0.2, 0.25) is 0 Å². The molecule has 2 rings (SSSR count). The molecule has 0 radical (unpaired) electrons. The maximum atomic E-state index is 12.0. The molecule has 0 aromatic heterocycles. The van der Waals surface area contributed by atoms with E-state index in [1.165, 1.54) is 12.8 Å². The Hall–Kier alpha value is -0.770. The van der Waals surface area contributed by atoms with Crippen LogP contribution in [-0.4, -0.2) is 42.3 Å². The molecule has 1 amide bonds. The normalized spacial score (nSPS) is 28.7. The Kier molecular flexibility index (Phi) is 4.62. The summed E-state index contributed by atoms with van der Waals surface area (Å²) >= 11 is 0. The highest BCUT2D eigenvalue weighted by Crippen LogP contribution is 2.45. The highest BCUT2D eigenvalue weighted by Gasteiger charge is 2.56. The second-order valence-electron chi connectivity index (χ2n) is 7.33. The summed E-state index contributed by atoms with van der Waals surface area (Å²) < 4.78 is 5.43. The number of rotatable bonds is 5. The summed E-state index contributed by atoms with van der Waals surface area (Å²) in [7, 11) is 0. The maximum Gasteiger partial charge on any atom is 0.410 e. The Morgan fingerprint density at radius 2 is 1.80 bits per heavy atom. The zero-order chi connectivity index (χ0) is 14.9. The molecule has 0 aromatic carbocycles. The van der Waals surface area contributed by atoms with Gasteiger partial charge in [0.05, 0.1) is 0 Å². The molecule has 0 aromatic rings. The molecule has 2 aliphatic rings. The standard InChI is InChI=1S/C16H30N2O2/c1-6-11(7-2)8-17-14-12-9-18(10-13(12)14)15(19)20-16(3,4)5/h11-14,17H,6-10H2,1-5H3. The van der Waals surface area contributed by atoms with Gasteiger partial charge in [-0.1, -0.05) is 26.7 Å². The second kappa shape index (κ2) is 5.92. The molecule has 4 nitrogen and oxygen atoms in total. The lowest BCUT2D eigenvalue weighted by molar-refractivity contribution is 0.0269. The van der Waals surface area contributed by atoms with Gasteiger partial charge in [0.1, 0.15) is 5.60 Å². The average molecular weight is 282 g/mol. The molecule has 1 aliphatic carbocycles. The number of carbonyl (C=O) groups is 1. The van der Waals surface area contributed by atoms with E-state index < -0.39 is 5.60 Å². The lowest BCUT2D eigenvalue weighted by atomic mass is 10.0. The van der Waals surface area contributed by atoms with Gasteiger partial charge in [-0.15, -0.1) is 0 Å². The van der Waals surface area contributed by atoms with Crippen molar-refractivity contribution in [2.24, 2.45) is 17.8 Å². The van der Waals surface area contributed by atoms with Gasteiger partial charge in [-0.05, 0) is 45.1 Å². The summed E-state index contributed by atoms with van der Waals surface area (Å²) in [5, 5.41) is 3.69. The Labute approximate surface area is 123 Å². The largest absolute Gasteiger partial charge is 0.444 e.